The Morgan fingerprint density at radius 3 is 2.54 bits per heavy atom. The second-order valence-electron chi connectivity index (χ2n) is 2.70. The largest absolute Gasteiger partial charge is 0.382 e. The Kier molecular flexibility index (Phi) is 2.56. The van der Waals surface area contributed by atoms with Crippen molar-refractivity contribution in [2.75, 3.05) is 6.26 Å². The molecule has 0 heterocycles. The van der Waals surface area contributed by atoms with Crippen molar-refractivity contribution < 1.29 is 17.0 Å². The maximum absolute atomic E-state index is 12.6. The van der Waals surface area contributed by atoms with E-state index in [0.29, 0.717) is 5.56 Å². The molecular weight excluding hydrogens is 195 g/mol. The van der Waals surface area contributed by atoms with Crippen LogP contribution in [-0.4, -0.2) is 14.7 Å². The van der Waals surface area contributed by atoms with Crippen molar-refractivity contribution in [1.29, 1.82) is 0 Å². The molecule has 0 saturated heterocycles. The monoisotopic (exact) mass is 204 g/mol. The van der Waals surface area contributed by atoms with Gasteiger partial charge in [0.15, 0.2) is 0 Å². The molecule has 0 aliphatic rings. The van der Waals surface area contributed by atoms with Crippen LogP contribution < -0.4 is 4.18 Å². The van der Waals surface area contributed by atoms with Gasteiger partial charge in [-0.15, -0.1) is 0 Å². The van der Waals surface area contributed by atoms with E-state index in [1.165, 1.54) is 12.1 Å². The maximum Gasteiger partial charge on any atom is 0.306 e. The summed E-state index contributed by atoms with van der Waals surface area (Å²) in [5.74, 6) is -0.494. The molecule has 1 aromatic carbocycles. The first-order valence-corrected chi connectivity index (χ1v) is 5.36. The fourth-order valence-corrected chi connectivity index (χ4v) is 1.33. The number of rotatable bonds is 2. The molecule has 3 nitrogen and oxygen atoms in total. The third kappa shape index (κ3) is 3.02. The van der Waals surface area contributed by atoms with E-state index in [9.17, 15) is 12.8 Å². The summed E-state index contributed by atoms with van der Waals surface area (Å²) in [6.45, 7) is 1.64. The Morgan fingerprint density at radius 2 is 2.00 bits per heavy atom. The molecule has 5 heteroatoms. The van der Waals surface area contributed by atoms with Gasteiger partial charge < -0.3 is 4.18 Å². The normalized spacial score (nSPS) is 11.3. The Bertz CT molecular complexity index is 411. The van der Waals surface area contributed by atoms with Crippen LogP contribution in [0.2, 0.25) is 0 Å². The fourth-order valence-electron chi connectivity index (χ4n) is 0.827. The van der Waals surface area contributed by atoms with Gasteiger partial charge in [-0.1, -0.05) is 6.07 Å². The molecule has 0 fully saturated rings. The van der Waals surface area contributed by atoms with Gasteiger partial charge >= 0.3 is 10.1 Å². The molecule has 13 heavy (non-hydrogen) atoms. The summed E-state index contributed by atoms with van der Waals surface area (Å²) in [4.78, 5) is 0. The molecule has 0 N–H and O–H groups in total. The van der Waals surface area contributed by atoms with Crippen LogP contribution in [0, 0.1) is 12.7 Å². The summed E-state index contributed by atoms with van der Waals surface area (Å²) >= 11 is 0. The Balaban J connectivity index is 3.08. The Labute approximate surface area is 76.3 Å². The molecular formula is C8H9FO3S. The number of benzene rings is 1. The summed E-state index contributed by atoms with van der Waals surface area (Å²) in [6.07, 6.45) is 0.914. The third-order valence-electron chi connectivity index (χ3n) is 1.39. The highest BCUT2D eigenvalue weighted by molar-refractivity contribution is 7.86. The predicted octanol–water partition coefficient (Wildman–Crippen LogP) is 1.47. The first kappa shape index (κ1) is 9.98. The van der Waals surface area contributed by atoms with Gasteiger partial charge in [-0.3, -0.25) is 0 Å². The Morgan fingerprint density at radius 1 is 1.38 bits per heavy atom. The van der Waals surface area contributed by atoms with Gasteiger partial charge in [0.25, 0.3) is 0 Å². The molecule has 72 valence electrons. The van der Waals surface area contributed by atoms with E-state index in [1.807, 2.05) is 0 Å². The lowest BCUT2D eigenvalue weighted by Crippen LogP contribution is -2.06. The number of halogens is 1. The van der Waals surface area contributed by atoms with Gasteiger partial charge in [0.05, 0.1) is 6.26 Å². The molecule has 0 aliphatic heterocycles. The van der Waals surface area contributed by atoms with Crippen molar-refractivity contribution in [1.82, 2.24) is 0 Å². The molecule has 1 aromatic rings. The van der Waals surface area contributed by atoms with Crippen LogP contribution in [0.4, 0.5) is 4.39 Å². The van der Waals surface area contributed by atoms with Crippen molar-refractivity contribution in [3.63, 3.8) is 0 Å². The first-order valence-electron chi connectivity index (χ1n) is 3.54. The minimum atomic E-state index is -3.58. The van der Waals surface area contributed by atoms with Crippen LogP contribution >= 0.6 is 0 Å². The summed E-state index contributed by atoms with van der Waals surface area (Å²) < 4.78 is 38.6. The average Bonchev–Trinajstić information content (AvgIpc) is 1.94. The summed E-state index contributed by atoms with van der Waals surface area (Å²) in [7, 11) is -3.58. The molecule has 0 aromatic heterocycles. The molecule has 0 saturated carbocycles. The van der Waals surface area contributed by atoms with Crippen LogP contribution in [-0.2, 0) is 10.1 Å². The predicted molar refractivity (Wildman–Crippen MR) is 46.6 cm³/mol. The van der Waals surface area contributed by atoms with Crippen molar-refractivity contribution in [3.8, 4) is 5.75 Å². The number of aryl methyl sites for hydroxylation is 1. The van der Waals surface area contributed by atoms with Gasteiger partial charge in [0.1, 0.15) is 11.6 Å². The summed E-state index contributed by atoms with van der Waals surface area (Å²) in [5.41, 5.74) is 0.576. The topological polar surface area (TPSA) is 43.4 Å². The van der Waals surface area contributed by atoms with Gasteiger partial charge in [0.2, 0.25) is 0 Å². The van der Waals surface area contributed by atoms with E-state index in [0.717, 1.165) is 12.3 Å². The first-order chi connectivity index (χ1) is 5.88. The van der Waals surface area contributed by atoms with Gasteiger partial charge in [-0.05, 0) is 18.6 Å². The second kappa shape index (κ2) is 3.33. The standard InChI is InChI=1S/C8H9FO3S/c1-6-3-4-7(9)5-8(6)12-13(2,10)11/h3-5H,1-2H3. The highest BCUT2D eigenvalue weighted by atomic mass is 32.2. The lowest BCUT2D eigenvalue weighted by Gasteiger charge is -2.05. The zero-order chi connectivity index (χ0) is 10.1. The van der Waals surface area contributed by atoms with Crippen LogP contribution in [0.3, 0.4) is 0 Å². The van der Waals surface area contributed by atoms with E-state index in [1.54, 1.807) is 6.92 Å². The highest BCUT2D eigenvalue weighted by Crippen LogP contribution is 2.19. The van der Waals surface area contributed by atoms with E-state index in [4.69, 9.17) is 0 Å². The SMILES string of the molecule is Cc1ccc(F)cc1OS(C)(=O)=O. The highest BCUT2D eigenvalue weighted by Gasteiger charge is 2.07. The van der Waals surface area contributed by atoms with E-state index >= 15 is 0 Å². The lowest BCUT2D eigenvalue weighted by molar-refractivity contribution is 0.488. The molecule has 0 unspecified atom stereocenters. The lowest BCUT2D eigenvalue weighted by atomic mass is 10.2. The van der Waals surface area contributed by atoms with Crippen LogP contribution in [0.5, 0.6) is 5.75 Å². The molecule has 0 bridgehead atoms. The molecule has 0 radical (unpaired) electrons. The number of hydrogen-bond donors (Lipinski definition) is 0. The van der Waals surface area contributed by atoms with Crippen molar-refractivity contribution in [3.05, 3.63) is 29.6 Å². The van der Waals surface area contributed by atoms with Gasteiger partial charge in [-0.2, -0.15) is 8.42 Å². The minimum absolute atomic E-state index is 0.0301. The van der Waals surface area contributed by atoms with E-state index < -0.39 is 15.9 Å². The van der Waals surface area contributed by atoms with Gasteiger partial charge in [-0.25, -0.2) is 4.39 Å². The molecule has 0 aliphatic carbocycles. The van der Waals surface area contributed by atoms with E-state index in [-0.39, 0.29) is 5.75 Å². The molecule has 0 amide bonds. The third-order valence-corrected chi connectivity index (χ3v) is 1.87. The van der Waals surface area contributed by atoms with E-state index in [2.05, 4.69) is 4.18 Å². The second-order valence-corrected chi connectivity index (χ2v) is 4.27. The molecule has 1 rings (SSSR count). The van der Waals surface area contributed by atoms with Gasteiger partial charge in [0, 0.05) is 6.07 Å². The van der Waals surface area contributed by atoms with Crippen LogP contribution in [0.15, 0.2) is 18.2 Å². The Hall–Kier alpha value is -1.10. The smallest absolute Gasteiger partial charge is 0.306 e. The van der Waals surface area contributed by atoms with Crippen LogP contribution in [0.25, 0.3) is 0 Å². The zero-order valence-electron chi connectivity index (χ0n) is 7.24. The maximum atomic E-state index is 12.6. The zero-order valence-corrected chi connectivity index (χ0v) is 8.06. The molecule has 0 atom stereocenters. The van der Waals surface area contributed by atoms with Crippen LogP contribution in [0.1, 0.15) is 5.56 Å². The summed E-state index contributed by atoms with van der Waals surface area (Å²) in [5, 5.41) is 0. The summed E-state index contributed by atoms with van der Waals surface area (Å²) in [6, 6.07) is 3.73. The quantitative estimate of drug-likeness (QED) is 0.685. The number of hydrogen-bond acceptors (Lipinski definition) is 3. The minimum Gasteiger partial charge on any atom is -0.382 e. The average molecular weight is 204 g/mol. The fraction of sp³-hybridized carbons (Fsp3) is 0.250. The molecule has 0 spiro atoms. The van der Waals surface area contributed by atoms with Crippen molar-refractivity contribution in [2.24, 2.45) is 0 Å². The van der Waals surface area contributed by atoms with Crippen molar-refractivity contribution >= 4 is 10.1 Å². The van der Waals surface area contributed by atoms with Crippen molar-refractivity contribution in [2.45, 2.75) is 6.92 Å².